The van der Waals surface area contributed by atoms with Gasteiger partial charge in [-0.2, -0.15) is 5.26 Å². The Bertz CT molecular complexity index is 568. The van der Waals surface area contributed by atoms with Crippen molar-refractivity contribution in [2.45, 2.75) is 12.7 Å². The standard InChI is InChI=1S/C13H22N8OS.3BrH.H2O/c1-10-11(21-9-20-10)7-23-5-4-18-13(19-8-15)17-3-2-16-12(22)6-14;;;;/h9H,2-7,14H2,1H3,(H,16,22)(H,20,21)(H2,17,18,19);3*1H;1H2. The van der Waals surface area contributed by atoms with Crippen molar-refractivity contribution < 1.29 is 77.6 Å². The van der Waals surface area contributed by atoms with Crippen LogP contribution in [0.1, 0.15) is 11.4 Å². The van der Waals surface area contributed by atoms with Crippen molar-refractivity contribution in [1.29, 1.82) is 5.26 Å². The Morgan fingerprint density at radius 2 is 2.07 bits per heavy atom. The van der Waals surface area contributed by atoms with Gasteiger partial charge in [0.1, 0.15) is 6.54 Å². The minimum atomic E-state index is -0.0776. The fourth-order valence-corrected chi connectivity index (χ4v) is 2.66. The van der Waals surface area contributed by atoms with E-state index >= 15 is 0 Å². The first kappa shape index (κ1) is 34.0. The SMILES string of the molecule is Cc1[nH]cnc1CSCC[NH2+]C(=NC#N)[NH2+]CCNC(=O)C[NH3+].O.[Br-].[Br-].[Br-]. The number of nitrogens with two attached hydrogens (primary N) is 2. The number of carbonyl (C=O) groups is 1. The second-order valence-electron chi connectivity index (χ2n) is 4.75. The third-order valence-electron chi connectivity index (χ3n) is 3.01. The summed E-state index contributed by atoms with van der Waals surface area (Å²) in [7, 11) is 0. The van der Waals surface area contributed by atoms with Gasteiger partial charge in [0.05, 0.1) is 25.1 Å². The molecule has 1 amide bonds. The number of halogens is 3. The number of guanidine groups is 1. The third-order valence-corrected chi connectivity index (χ3v) is 4.02. The van der Waals surface area contributed by atoms with Gasteiger partial charge in [-0.25, -0.2) is 15.6 Å². The van der Waals surface area contributed by atoms with E-state index in [-0.39, 0.29) is 68.9 Å². The van der Waals surface area contributed by atoms with Gasteiger partial charge in [0.2, 0.25) is 6.19 Å². The molecule has 158 valence electrons. The van der Waals surface area contributed by atoms with E-state index in [1.807, 2.05) is 17.6 Å². The molecule has 0 aliphatic heterocycles. The van der Waals surface area contributed by atoms with E-state index in [9.17, 15) is 4.79 Å². The summed E-state index contributed by atoms with van der Waals surface area (Å²) in [5, 5.41) is 15.2. The summed E-state index contributed by atoms with van der Waals surface area (Å²) in [5.74, 6) is 2.39. The number of nitrogens with zero attached hydrogens (tertiary/aromatic N) is 3. The maximum atomic E-state index is 11.1. The molecule has 10 nitrogen and oxygen atoms in total. The first-order valence-electron chi connectivity index (χ1n) is 7.43. The Balaban J connectivity index is -0.000000661. The van der Waals surface area contributed by atoms with Gasteiger partial charge in [-0.05, 0) is 6.92 Å². The maximum absolute atomic E-state index is 11.1. The molecule has 0 atom stereocenters. The second-order valence-corrected chi connectivity index (χ2v) is 5.85. The van der Waals surface area contributed by atoms with Gasteiger partial charge in [0, 0.05) is 17.2 Å². The Labute approximate surface area is 194 Å². The van der Waals surface area contributed by atoms with Crippen molar-refractivity contribution in [3.63, 3.8) is 0 Å². The molecular weight excluding hydrogens is 572 g/mol. The smallest absolute Gasteiger partial charge is 0.403 e. The van der Waals surface area contributed by atoms with Crippen molar-refractivity contribution in [2.24, 2.45) is 4.99 Å². The van der Waals surface area contributed by atoms with Crippen LogP contribution in [-0.2, 0) is 10.5 Å². The lowest BCUT2D eigenvalue weighted by Crippen LogP contribution is -3.10. The van der Waals surface area contributed by atoms with Crippen LogP contribution < -0.4 is 72.6 Å². The molecule has 0 aliphatic carbocycles. The molecule has 11 N–H and O–H groups in total. The van der Waals surface area contributed by atoms with E-state index in [1.165, 1.54) is 0 Å². The summed E-state index contributed by atoms with van der Waals surface area (Å²) >= 11 is 1.79. The highest BCUT2D eigenvalue weighted by Crippen LogP contribution is 2.10. The van der Waals surface area contributed by atoms with E-state index < -0.39 is 0 Å². The summed E-state index contributed by atoms with van der Waals surface area (Å²) in [6.07, 6.45) is 3.51. The normalized spacial score (nSPS) is 9.59. The predicted octanol–water partition coefficient (Wildman–Crippen LogP) is -13.5. The lowest BCUT2D eigenvalue weighted by Gasteiger charge is -2.03. The number of carbonyl (C=O) groups excluding carboxylic acids is 1. The van der Waals surface area contributed by atoms with Crippen LogP contribution in [0.2, 0.25) is 0 Å². The molecule has 0 radical (unpaired) electrons. The fourth-order valence-electron chi connectivity index (χ4n) is 1.74. The topological polar surface area (TPSA) is 186 Å². The zero-order valence-corrected chi connectivity index (χ0v) is 20.5. The number of quaternary nitrogens is 3. The molecule has 27 heavy (non-hydrogen) atoms. The summed E-state index contributed by atoms with van der Waals surface area (Å²) in [6.45, 7) is 4.24. The molecule has 1 rings (SSSR count). The lowest BCUT2D eigenvalue weighted by atomic mass is 10.4. The zero-order valence-electron chi connectivity index (χ0n) is 15.0. The van der Waals surface area contributed by atoms with Crippen LogP contribution in [0.4, 0.5) is 0 Å². The molecular formula is C13H27Br3N8O2S. The zero-order chi connectivity index (χ0) is 16.9. The van der Waals surface area contributed by atoms with Crippen LogP contribution in [-0.4, -0.2) is 59.2 Å². The van der Waals surface area contributed by atoms with Crippen LogP contribution in [0.5, 0.6) is 0 Å². The van der Waals surface area contributed by atoms with Crippen molar-refractivity contribution in [1.82, 2.24) is 15.3 Å². The molecule has 1 heterocycles. The molecule has 14 heteroatoms. The van der Waals surface area contributed by atoms with Crippen molar-refractivity contribution in [3.8, 4) is 6.19 Å². The van der Waals surface area contributed by atoms with Gasteiger partial charge in [-0.1, -0.05) is 4.99 Å². The minimum Gasteiger partial charge on any atom is -1.00 e. The van der Waals surface area contributed by atoms with Crippen LogP contribution >= 0.6 is 11.8 Å². The van der Waals surface area contributed by atoms with E-state index in [0.29, 0.717) is 19.0 Å². The molecule has 0 aromatic carbocycles. The number of hydrogen-bond donors (Lipinski definition) is 5. The minimum absolute atomic E-state index is 0. The number of aromatic nitrogens is 2. The number of amides is 1. The van der Waals surface area contributed by atoms with Crippen LogP contribution in [0, 0.1) is 18.4 Å². The number of hydrogen-bond acceptors (Lipinski definition) is 5. The largest absolute Gasteiger partial charge is 1.00 e. The Hall–Kier alpha value is -0.530. The second kappa shape index (κ2) is 21.8. The number of H-pyrrole nitrogens is 1. The molecule has 0 saturated heterocycles. The van der Waals surface area contributed by atoms with Crippen molar-refractivity contribution >= 4 is 23.6 Å². The highest BCUT2D eigenvalue weighted by atomic mass is 79.9. The molecule has 0 fully saturated rings. The predicted molar refractivity (Wildman–Crippen MR) is 90.5 cm³/mol. The van der Waals surface area contributed by atoms with E-state index in [2.05, 4.69) is 26.0 Å². The maximum Gasteiger partial charge on any atom is 0.403 e. The summed E-state index contributed by atoms with van der Waals surface area (Å²) in [5.41, 5.74) is 5.69. The molecule has 0 saturated carbocycles. The molecule has 1 aromatic heterocycles. The number of thioether (sulfide) groups is 1. The summed E-state index contributed by atoms with van der Waals surface area (Å²) in [6, 6.07) is 0. The average molecular weight is 599 g/mol. The highest BCUT2D eigenvalue weighted by Gasteiger charge is 2.09. The number of aryl methyl sites for hydroxylation is 1. The Kier molecular flexibility index (Phi) is 27.4. The number of imidazole rings is 1. The van der Waals surface area contributed by atoms with Gasteiger partial charge in [-0.3, -0.25) is 4.79 Å². The third kappa shape index (κ3) is 16.2. The van der Waals surface area contributed by atoms with Gasteiger partial charge in [-0.15, -0.1) is 11.8 Å². The number of nitriles is 1. The fraction of sp³-hybridized carbons (Fsp3) is 0.538. The number of rotatable bonds is 9. The van der Waals surface area contributed by atoms with Crippen molar-refractivity contribution in [2.75, 3.05) is 31.9 Å². The number of nitrogens with one attached hydrogen (secondary N) is 2. The molecule has 0 bridgehead atoms. The molecule has 1 aromatic rings. The Morgan fingerprint density at radius 3 is 2.63 bits per heavy atom. The summed E-state index contributed by atoms with van der Waals surface area (Å²) in [4.78, 5) is 22.2. The average Bonchev–Trinajstić information content (AvgIpc) is 2.95. The first-order valence-corrected chi connectivity index (χ1v) is 8.58. The van der Waals surface area contributed by atoms with E-state index in [0.717, 1.165) is 29.4 Å². The van der Waals surface area contributed by atoms with Crippen molar-refractivity contribution in [3.05, 3.63) is 17.7 Å². The van der Waals surface area contributed by atoms with Gasteiger partial charge >= 0.3 is 5.96 Å². The summed E-state index contributed by atoms with van der Waals surface area (Å²) < 4.78 is 0. The number of aromatic amines is 1. The van der Waals surface area contributed by atoms with Gasteiger partial charge < -0.3 is 72.5 Å². The monoisotopic (exact) mass is 596 g/mol. The van der Waals surface area contributed by atoms with E-state index in [4.69, 9.17) is 5.26 Å². The highest BCUT2D eigenvalue weighted by molar-refractivity contribution is 7.98. The van der Waals surface area contributed by atoms with Gasteiger partial charge in [0.25, 0.3) is 5.91 Å². The molecule has 0 aliphatic rings. The lowest BCUT2D eigenvalue weighted by molar-refractivity contribution is -0.682. The number of aliphatic imine (C=N–C) groups is 1. The quantitative estimate of drug-likeness (QED) is 0.0818. The Morgan fingerprint density at radius 1 is 1.41 bits per heavy atom. The molecule has 0 spiro atoms. The van der Waals surface area contributed by atoms with Gasteiger partial charge in [0.15, 0.2) is 6.54 Å². The molecule has 0 unspecified atom stereocenters. The first-order chi connectivity index (χ1) is 11.2. The van der Waals surface area contributed by atoms with Crippen LogP contribution in [0.3, 0.4) is 0 Å². The van der Waals surface area contributed by atoms with Crippen LogP contribution in [0.25, 0.3) is 0 Å². The van der Waals surface area contributed by atoms with Crippen LogP contribution in [0.15, 0.2) is 11.3 Å². The van der Waals surface area contributed by atoms with E-state index in [1.54, 1.807) is 24.3 Å².